The van der Waals surface area contributed by atoms with Crippen LogP contribution < -0.4 is 15.5 Å². The number of hydrogen-bond donors (Lipinski definition) is 2. The number of nitrogens with zero attached hydrogens (tertiary/aromatic N) is 3. The zero-order valence-electron chi connectivity index (χ0n) is 19.0. The summed E-state index contributed by atoms with van der Waals surface area (Å²) in [4.78, 5) is 21.2. The molecule has 0 spiro atoms. The van der Waals surface area contributed by atoms with E-state index in [0.29, 0.717) is 6.04 Å². The lowest BCUT2D eigenvalue weighted by Crippen LogP contribution is -2.25. The molecule has 4 aromatic rings. The molecule has 2 aliphatic heterocycles. The number of hydrogen-bond acceptors (Lipinski definition) is 4. The summed E-state index contributed by atoms with van der Waals surface area (Å²) >= 11 is 0. The highest BCUT2D eigenvalue weighted by molar-refractivity contribution is 6.03. The summed E-state index contributed by atoms with van der Waals surface area (Å²) < 4.78 is 2.13. The summed E-state index contributed by atoms with van der Waals surface area (Å²) in [6, 6.07) is 22.8. The number of amides is 1. The van der Waals surface area contributed by atoms with Crippen molar-refractivity contribution in [2.24, 2.45) is 0 Å². The Bertz CT molecular complexity index is 1400. The van der Waals surface area contributed by atoms with Crippen molar-refractivity contribution < 1.29 is 4.79 Å². The first-order valence-corrected chi connectivity index (χ1v) is 12.3. The Morgan fingerprint density at radius 3 is 2.56 bits per heavy atom. The summed E-state index contributed by atoms with van der Waals surface area (Å²) in [5, 5.41) is 6.78. The van der Waals surface area contributed by atoms with Gasteiger partial charge in [-0.25, -0.2) is 4.98 Å². The largest absolute Gasteiger partial charge is 0.382 e. The van der Waals surface area contributed by atoms with Crippen LogP contribution in [0.25, 0.3) is 22.4 Å². The van der Waals surface area contributed by atoms with Crippen LogP contribution in [-0.2, 0) is 4.79 Å². The third-order valence-corrected chi connectivity index (χ3v) is 7.23. The maximum absolute atomic E-state index is 13.6. The first-order chi connectivity index (χ1) is 16.7. The number of nitrogens with one attached hydrogen (secondary N) is 2. The molecule has 6 heteroatoms. The van der Waals surface area contributed by atoms with Gasteiger partial charge in [0.2, 0.25) is 0 Å². The van der Waals surface area contributed by atoms with E-state index in [1.165, 1.54) is 31.4 Å². The highest BCUT2D eigenvalue weighted by atomic mass is 16.2. The average Bonchev–Trinajstić information content (AvgIpc) is 3.38. The van der Waals surface area contributed by atoms with Crippen LogP contribution in [0.4, 0.5) is 17.1 Å². The van der Waals surface area contributed by atoms with Gasteiger partial charge in [-0.15, -0.1) is 0 Å². The average molecular weight is 450 g/mol. The monoisotopic (exact) mass is 449 g/mol. The van der Waals surface area contributed by atoms with Gasteiger partial charge in [0, 0.05) is 36.1 Å². The van der Waals surface area contributed by atoms with Crippen LogP contribution in [0, 0.1) is 0 Å². The van der Waals surface area contributed by atoms with Crippen LogP contribution in [0.15, 0.2) is 66.7 Å². The molecule has 0 bridgehead atoms. The first-order valence-electron chi connectivity index (χ1n) is 12.3. The standard InChI is InChI=1S/C28H27N5O/c34-28-26(18-6-2-1-3-7-18)33-25-13-11-21(32-14-4-5-15-32)17-24(25)30-27(33)22-16-20(29-19-8-9-19)10-12-23(22)31-28/h1-3,6-7,10-13,16-17,19,26,29H,4-5,8-9,14-15H2,(H,31,34). The van der Waals surface area contributed by atoms with E-state index in [1.807, 2.05) is 36.4 Å². The fourth-order valence-corrected chi connectivity index (χ4v) is 5.36. The molecule has 170 valence electrons. The van der Waals surface area contributed by atoms with Crippen LogP contribution in [0.5, 0.6) is 0 Å². The molecule has 1 saturated carbocycles. The maximum atomic E-state index is 13.6. The first kappa shape index (κ1) is 19.6. The van der Waals surface area contributed by atoms with Crippen molar-refractivity contribution >= 4 is 34.0 Å². The predicted octanol–water partition coefficient (Wildman–Crippen LogP) is 5.42. The molecule has 3 aliphatic rings. The summed E-state index contributed by atoms with van der Waals surface area (Å²) in [5.41, 5.74) is 6.91. The van der Waals surface area contributed by atoms with E-state index in [1.54, 1.807) is 0 Å². The quantitative estimate of drug-likeness (QED) is 0.437. The fourth-order valence-electron chi connectivity index (χ4n) is 5.36. The zero-order chi connectivity index (χ0) is 22.6. The van der Waals surface area contributed by atoms with E-state index in [-0.39, 0.29) is 5.91 Å². The van der Waals surface area contributed by atoms with E-state index < -0.39 is 6.04 Å². The molecule has 3 aromatic carbocycles. The number of fused-ring (bicyclic) bond motifs is 5. The molecule has 2 N–H and O–H groups in total. The van der Waals surface area contributed by atoms with Gasteiger partial charge in [-0.3, -0.25) is 4.79 Å². The van der Waals surface area contributed by atoms with Crippen LogP contribution in [0.3, 0.4) is 0 Å². The molecule has 2 fully saturated rings. The van der Waals surface area contributed by atoms with Crippen molar-refractivity contribution in [2.45, 2.75) is 37.8 Å². The molecular formula is C28H27N5O. The van der Waals surface area contributed by atoms with Gasteiger partial charge < -0.3 is 20.1 Å². The van der Waals surface area contributed by atoms with E-state index in [0.717, 1.165) is 52.4 Å². The Labute approximate surface area is 198 Å². The molecule has 1 aromatic heterocycles. The topological polar surface area (TPSA) is 62.2 Å². The molecule has 1 aliphatic carbocycles. The van der Waals surface area contributed by atoms with Crippen LogP contribution in [0.2, 0.25) is 0 Å². The summed E-state index contributed by atoms with van der Waals surface area (Å²) in [6.07, 6.45) is 4.89. The van der Waals surface area contributed by atoms with E-state index in [9.17, 15) is 4.79 Å². The lowest BCUT2D eigenvalue weighted by molar-refractivity contribution is -0.118. The SMILES string of the molecule is O=C1Nc2ccc(NC3CC3)cc2-c2nc3cc(N4CCCC4)ccc3n2C1c1ccccc1. The molecule has 3 heterocycles. The Kier molecular flexibility index (Phi) is 4.40. The zero-order valence-corrected chi connectivity index (χ0v) is 19.0. The molecule has 1 amide bonds. The van der Waals surface area contributed by atoms with Crippen molar-refractivity contribution in [1.82, 2.24) is 9.55 Å². The van der Waals surface area contributed by atoms with Crippen LogP contribution in [0.1, 0.15) is 37.3 Å². The number of carbonyl (C=O) groups is 1. The minimum Gasteiger partial charge on any atom is -0.382 e. The van der Waals surface area contributed by atoms with Gasteiger partial charge >= 0.3 is 0 Å². The van der Waals surface area contributed by atoms with Crippen molar-refractivity contribution in [3.8, 4) is 11.4 Å². The highest BCUT2D eigenvalue weighted by Crippen LogP contribution is 2.41. The van der Waals surface area contributed by atoms with Crippen LogP contribution in [-0.4, -0.2) is 34.6 Å². The van der Waals surface area contributed by atoms with Gasteiger partial charge in [0.15, 0.2) is 0 Å². The Morgan fingerprint density at radius 1 is 0.941 bits per heavy atom. The van der Waals surface area contributed by atoms with Gasteiger partial charge in [-0.1, -0.05) is 30.3 Å². The maximum Gasteiger partial charge on any atom is 0.252 e. The van der Waals surface area contributed by atoms with Crippen molar-refractivity contribution in [1.29, 1.82) is 0 Å². The molecule has 7 rings (SSSR count). The van der Waals surface area contributed by atoms with Gasteiger partial charge in [-0.05, 0) is 67.6 Å². The number of aromatic nitrogens is 2. The van der Waals surface area contributed by atoms with Crippen LogP contribution >= 0.6 is 0 Å². The Morgan fingerprint density at radius 2 is 1.76 bits per heavy atom. The number of imidazole rings is 1. The summed E-state index contributed by atoms with van der Waals surface area (Å²) in [7, 11) is 0. The number of benzene rings is 3. The molecule has 1 unspecified atom stereocenters. The second-order valence-electron chi connectivity index (χ2n) is 9.65. The molecule has 1 saturated heterocycles. The van der Waals surface area contributed by atoms with Crippen molar-refractivity contribution in [3.63, 3.8) is 0 Å². The normalized spacial score (nSPS) is 19.5. The van der Waals surface area contributed by atoms with Crippen molar-refractivity contribution in [2.75, 3.05) is 28.6 Å². The Hall–Kier alpha value is -3.80. The molecule has 0 radical (unpaired) electrons. The molecular weight excluding hydrogens is 422 g/mol. The lowest BCUT2D eigenvalue weighted by atomic mass is 10.1. The predicted molar refractivity (Wildman–Crippen MR) is 136 cm³/mol. The second kappa shape index (κ2) is 7.62. The molecule has 6 nitrogen and oxygen atoms in total. The second-order valence-corrected chi connectivity index (χ2v) is 9.65. The van der Waals surface area contributed by atoms with E-state index in [2.05, 4.69) is 50.4 Å². The molecule has 34 heavy (non-hydrogen) atoms. The number of anilines is 3. The van der Waals surface area contributed by atoms with Crippen molar-refractivity contribution in [3.05, 3.63) is 72.3 Å². The summed E-state index contributed by atoms with van der Waals surface area (Å²) in [6.45, 7) is 2.18. The van der Waals surface area contributed by atoms with Gasteiger partial charge in [0.25, 0.3) is 5.91 Å². The molecule has 1 atom stereocenters. The summed E-state index contributed by atoms with van der Waals surface area (Å²) in [5.74, 6) is 0.784. The minimum atomic E-state index is -0.494. The highest BCUT2D eigenvalue weighted by Gasteiger charge is 2.33. The fraction of sp³-hybridized carbons (Fsp3) is 0.286. The Balaban J connectivity index is 1.45. The third-order valence-electron chi connectivity index (χ3n) is 7.23. The minimum absolute atomic E-state index is 0.0444. The van der Waals surface area contributed by atoms with Gasteiger partial charge in [0.1, 0.15) is 11.9 Å². The lowest BCUT2D eigenvalue weighted by Gasteiger charge is -2.20. The third kappa shape index (κ3) is 3.24. The van der Waals surface area contributed by atoms with E-state index >= 15 is 0 Å². The smallest absolute Gasteiger partial charge is 0.252 e. The van der Waals surface area contributed by atoms with E-state index in [4.69, 9.17) is 4.98 Å². The van der Waals surface area contributed by atoms with Gasteiger partial charge in [0.05, 0.1) is 16.7 Å². The number of rotatable bonds is 4. The number of carbonyl (C=O) groups excluding carboxylic acids is 1. The van der Waals surface area contributed by atoms with Gasteiger partial charge in [-0.2, -0.15) is 0 Å².